The standard InChI is InChI=1S/C18H19NO/c1-13-8-4-5-9-14(13)15-10-6-7-11-16(15)17-19-18(2,3)12-20-17/h4-11H,12H2,1-3H3. The number of ether oxygens (including phenoxy) is 1. The molecule has 0 saturated heterocycles. The molecule has 2 aromatic carbocycles. The normalized spacial score (nSPS) is 16.6. The van der Waals surface area contributed by atoms with Gasteiger partial charge in [-0.15, -0.1) is 0 Å². The van der Waals surface area contributed by atoms with Crippen LogP contribution in [0.15, 0.2) is 53.5 Å². The lowest BCUT2D eigenvalue weighted by Crippen LogP contribution is -2.17. The molecule has 20 heavy (non-hydrogen) atoms. The molecule has 2 heteroatoms. The average molecular weight is 265 g/mol. The van der Waals surface area contributed by atoms with Crippen LogP contribution in [0, 0.1) is 6.92 Å². The molecule has 1 aliphatic rings. The lowest BCUT2D eigenvalue weighted by molar-refractivity contribution is 0.279. The van der Waals surface area contributed by atoms with Crippen LogP contribution in [0.25, 0.3) is 11.1 Å². The third kappa shape index (κ3) is 2.34. The van der Waals surface area contributed by atoms with Gasteiger partial charge in [0.1, 0.15) is 6.61 Å². The molecule has 0 saturated carbocycles. The first-order valence-corrected chi connectivity index (χ1v) is 6.95. The van der Waals surface area contributed by atoms with Gasteiger partial charge in [-0.2, -0.15) is 0 Å². The Bertz CT molecular complexity index is 671. The van der Waals surface area contributed by atoms with E-state index in [1.165, 1.54) is 16.7 Å². The summed E-state index contributed by atoms with van der Waals surface area (Å²) in [6, 6.07) is 16.7. The summed E-state index contributed by atoms with van der Waals surface area (Å²) < 4.78 is 5.81. The number of nitrogens with zero attached hydrogens (tertiary/aromatic N) is 1. The van der Waals surface area contributed by atoms with Gasteiger partial charge in [0.25, 0.3) is 0 Å². The Labute approximate surface area is 120 Å². The van der Waals surface area contributed by atoms with E-state index in [2.05, 4.69) is 63.2 Å². The molecule has 0 radical (unpaired) electrons. The fourth-order valence-corrected chi connectivity index (χ4v) is 2.50. The predicted molar refractivity (Wildman–Crippen MR) is 83.2 cm³/mol. The molecule has 0 amide bonds. The van der Waals surface area contributed by atoms with Gasteiger partial charge in [-0.25, -0.2) is 4.99 Å². The van der Waals surface area contributed by atoms with E-state index in [0.29, 0.717) is 6.61 Å². The predicted octanol–water partition coefficient (Wildman–Crippen LogP) is 4.22. The average Bonchev–Trinajstić information content (AvgIpc) is 2.80. The van der Waals surface area contributed by atoms with Crippen LogP contribution >= 0.6 is 0 Å². The van der Waals surface area contributed by atoms with Gasteiger partial charge >= 0.3 is 0 Å². The van der Waals surface area contributed by atoms with Gasteiger partial charge in [-0.3, -0.25) is 0 Å². The smallest absolute Gasteiger partial charge is 0.217 e. The lowest BCUT2D eigenvalue weighted by Gasteiger charge is -2.11. The fourth-order valence-electron chi connectivity index (χ4n) is 2.50. The van der Waals surface area contributed by atoms with Crippen molar-refractivity contribution in [2.45, 2.75) is 26.3 Å². The van der Waals surface area contributed by atoms with Crippen LogP contribution in [0.4, 0.5) is 0 Å². The minimum Gasteiger partial charge on any atom is -0.475 e. The van der Waals surface area contributed by atoms with Gasteiger partial charge in [-0.05, 0) is 43.5 Å². The molecule has 1 aliphatic heterocycles. The number of rotatable bonds is 2. The molecule has 0 aliphatic carbocycles. The Morgan fingerprint density at radius 3 is 2.10 bits per heavy atom. The second-order valence-electron chi connectivity index (χ2n) is 5.88. The summed E-state index contributed by atoms with van der Waals surface area (Å²) in [5.74, 6) is 0.758. The summed E-state index contributed by atoms with van der Waals surface area (Å²) >= 11 is 0. The molecule has 0 bridgehead atoms. The lowest BCUT2D eigenvalue weighted by atomic mass is 9.96. The highest BCUT2D eigenvalue weighted by atomic mass is 16.5. The van der Waals surface area contributed by atoms with E-state index in [0.717, 1.165) is 11.5 Å². The maximum absolute atomic E-state index is 5.81. The fraction of sp³-hybridized carbons (Fsp3) is 0.278. The minimum absolute atomic E-state index is 0.131. The van der Waals surface area contributed by atoms with Crippen LogP contribution in [0.1, 0.15) is 25.0 Å². The molecule has 3 rings (SSSR count). The summed E-state index contributed by atoms with van der Waals surface area (Å²) in [6.45, 7) is 6.96. The molecule has 0 N–H and O–H groups in total. The molecule has 0 aromatic heterocycles. The highest BCUT2D eigenvalue weighted by Gasteiger charge is 2.28. The first-order valence-electron chi connectivity index (χ1n) is 6.95. The van der Waals surface area contributed by atoms with Crippen LogP contribution in [0.5, 0.6) is 0 Å². The van der Waals surface area contributed by atoms with Crippen LogP contribution in [0.3, 0.4) is 0 Å². The van der Waals surface area contributed by atoms with E-state index in [4.69, 9.17) is 9.73 Å². The number of aliphatic imine (C=N–C) groups is 1. The van der Waals surface area contributed by atoms with E-state index in [-0.39, 0.29) is 5.54 Å². The van der Waals surface area contributed by atoms with Crippen molar-refractivity contribution in [2.24, 2.45) is 4.99 Å². The SMILES string of the molecule is Cc1ccccc1-c1ccccc1C1=NC(C)(C)CO1. The second kappa shape index (κ2) is 4.78. The largest absolute Gasteiger partial charge is 0.475 e. The van der Waals surface area contributed by atoms with E-state index in [9.17, 15) is 0 Å². The first kappa shape index (κ1) is 12.9. The Kier molecular flexibility index (Phi) is 3.09. The van der Waals surface area contributed by atoms with Crippen molar-refractivity contribution >= 4 is 5.90 Å². The highest BCUT2D eigenvalue weighted by molar-refractivity contribution is 6.02. The Hall–Kier alpha value is -2.09. The summed E-state index contributed by atoms with van der Waals surface area (Å²) in [6.07, 6.45) is 0. The van der Waals surface area contributed by atoms with Crippen molar-refractivity contribution in [1.29, 1.82) is 0 Å². The molecule has 102 valence electrons. The summed E-state index contributed by atoms with van der Waals surface area (Å²) in [7, 11) is 0. The topological polar surface area (TPSA) is 21.6 Å². The van der Waals surface area contributed by atoms with Gasteiger partial charge < -0.3 is 4.74 Å². The Morgan fingerprint density at radius 2 is 1.50 bits per heavy atom. The van der Waals surface area contributed by atoms with Gasteiger partial charge in [0.2, 0.25) is 5.90 Å². The molecule has 0 unspecified atom stereocenters. The van der Waals surface area contributed by atoms with Crippen molar-refractivity contribution < 1.29 is 4.74 Å². The van der Waals surface area contributed by atoms with Gasteiger partial charge in [-0.1, -0.05) is 42.5 Å². The molecular formula is C18H19NO. The summed E-state index contributed by atoms with van der Waals surface area (Å²) in [5.41, 5.74) is 4.63. The number of hydrogen-bond acceptors (Lipinski definition) is 2. The van der Waals surface area contributed by atoms with Crippen molar-refractivity contribution in [3.8, 4) is 11.1 Å². The third-order valence-electron chi connectivity index (χ3n) is 3.56. The second-order valence-corrected chi connectivity index (χ2v) is 5.88. The van der Waals surface area contributed by atoms with Crippen molar-refractivity contribution in [2.75, 3.05) is 6.61 Å². The summed E-state index contributed by atoms with van der Waals surface area (Å²) in [4.78, 5) is 4.70. The molecule has 0 atom stereocenters. The zero-order valence-electron chi connectivity index (χ0n) is 12.2. The van der Waals surface area contributed by atoms with Crippen molar-refractivity contribution in [1.82, 2.24) is 0 Å². The first-order chi connectivity index (χ1) is 9.57. The number of hydrogen-bond donors (Lipinski definition) is 0. The van der Waals surface area contributed by atoms with Crippen LogP contribution in [-0.4, -0.2) is 18.0 Å². The maximum atomic E-state index is 5.81. The zero-order valence-corrected chi connectivity index (χ0v) is 12.2. The monoisotopic (exact) mass is 265 g/mol. The molecule has 0 spiro atoms. The molecule has 0 fully saturated rings. The van der Waals surface area contributed by atoms with Crippen LogP contribution < -0.4 is 0 Å². The molecule has 2 aromatic rings. The number of aryl methyl sites for hydroxylation is 1. The van der Waals surface area contributed by atoms with E-state index >= 15 is 0 Å². The third-order valence-corrected chi connectivity index (χ3v) is 3.56. The maximum Gasteiger partial charge on any atom is 0.217 e. The number of benzene rings is 2. The Morgan fingerprint density at radius 1 is 0.900 bits per heavy atom. The van der Waals surface area contributed by atoms with E-state index in [1.807, 2.05) is 6.07 Å². The molecule has 1 heterocycles. The van der Waals surface area contributed by atoms with Crippen molar-refractivity contribution in [3.05, 3.63) is 59.7 Å². The quantitative estimate of drug-likeness (QED) is 0.796. The van der Waals surface area contributed by atoms with E-state index < -0.39 is 0 Å². The minimum atomic E-state index is -0.131. The summed E-state index contributed by atoms with van der Waals surface area (Å²) in [5, 5.41) is 0. The van der Waals surface area contributed by atoms with Gasteiger partial charge in [0, 0.05) is 5.56 Å². The molecular weight excluding hydrogens is 246 g/mol. The van der Waals surface area contributed by atoms with Gasteiger partial charge in [0.15, 0.2) is 0 Å². The zero-order chi connectivity index (χ0) is 14.2. The van der Waals surface area contributed by atoms with Gasteiger partial charge in [0.05, 0.1) is 5.54 Å². The molecule has 2 nitrogen and oxygen atoms in total. The highest BCUT2D eigenvalue weighted by Crippen LogP contribution is 2.30. The van der Waals surface area contributed by atoms with Crippen molar-refractivity contribution in [3.63, 3.8) is 0 Å². The van der Waals surface area contributed by atoms with Crippen LogP contribution in [0.2, 0.25) is 0 Å². The van der Waals surface area contributed by atoms with Crippen LogP contribution in [-0.2, 0) is 4.74 Å². The van der Waals surface area contributed by atoms with E-state index in [1.54, 1.807) is 0 Å². The Balaban J connectivity index is 2.13.